The minimum Gasteiger partial charge on any atom is -0.353 e. The molecule has 2 saturated carbocycles. The number of hydrogen-bond donors (Lipinski definition) is 3. The van der Waals surface area contributed by atoms with Gasteiger partial charge in [0.1, 0.15) is 0 Å². The molecule has 2 amide bonds. The van der Waals surface area contributed by atoms with E-state index in [4.69, 9.17) is 5.73 Å². The largest absolute Gasteiger partial charge is 0.353 e. The van der Waals surface area contributed by atoms with Crippen LogP contribution < -0.4 is 16.4 Å². The third-order valence-corrected chi connectivity index (χ3v) is 5.18. The van der Waals surface area contributed by atoms with Crippen LogP contribution in [0, 0.1) is 11.8 Å². The van der Waals surface area contributed by atoms with Crippen molar-refractivity contribution in [1.82, 2.24) is 10.6 Å². The zero-order valence-corrected chi connectivity index (χ0v) is 15.2. The molecule has 2 atom stereocenters. The van der Waals surface area contributed by atoms with Crippen molar-refractivity contribution in [2.75, 3.05) is 6.54 Å². The van der Waals surface area contributed by atoms with Crippen LogP contribution in [0.25, 0.3) is 0 Å². The van der Waals surface area contributed by atoms with Gasteiger partial charge in [0.15, 0.2) is 0 Å². The molecular formula is C17H32ClN3O2. The van der Waals surface area contributed by atoms with Gasteiger partial charge in [-0.2, -0.15) is 0 Å². The Balaban J connectivity index is 0.00000264. The first kappa shape index (κ1) is 20.2. The smallest absolute Gasteiger partial charge is 0.223 e. The molecule has 0 spiro atoms. The predicted octanol–water partition coefficient (Wildman–Crippen LogP) is 2.13. The van der Waals surface area contributed by atoms with Gasteiger partial charge >= 0.3 is 0 Å². The van der Waals surface area contributed by atoms with E-state index in [1.165, 1.54) is 6.42 Å². The van der Waals surface area contributed by atoms with Crippen LogP contribution in [0.3, 0.4) is 0 Å². The van der Waals surface area contributed by atoms with E-state index in [-0.39, 0.29) is 41.7 Å². The first-order valence-corrected chi connectivity index (χ1v) is 8.76. The van der Waals surface area contributed by atoms with Gasteiger partial charge in [0, 0.05) is 24.9 Å². The van der Waals surface area contributed by atoms with Crippen LogP contribution >= 0.6 is 12.4 Å². The summed E-state index contributed by atoms with van der Waals surface area (Å²) in [5.74, 6) is 0.744. The highest BCUT2D eigenvalue weighted by Gasteiger charge is 2.41. The number of carbonyl (C=O) groups is 2. The van der Waals surface area contributed by atoms with E-state index in [9.17, 15) is 9.59 Å². The lowest BCUT2D eigenvalue weighted by Gasteiger charge is -2.30. The summed E-state index contributed by atoms with van der Waals surface area (Å²) in [7, 11) is 0. The van der Waals surface area contributed by atoms with Crippen molar-refractivity contribution < 1.29 is 9.59 Å². The highest BCUT2D eigenvalue weighted by Crippen LogP contribution is 2.39. The van der Waals surface area contributed by atoms with Gasteiger partial charge in [0.2, 0.25) is 11.8 Å². The Labute approximate surface area is 145 Å². The molecule has 6 heteroatoms. The number of carbonyl (C=O) groups excluding carboxylic acids is 2. The van der Waals surface area contributed by atoms with Crippen molar-refractivity contribution in [3.05, 3.63) is 0 Å². The number of hydrogen-bond acceptors (Lipinski definition) is 3. The number of rotatable bonds is 7. The average molecular weight is 346 g/mol. The normalized spacial score (nSPS) is 22.4. The van der Waals surface area contributed by atoms with Gasteiger partial charge in [-0.1, -0.05) is 19.3 Å². The zero-order valence-electron chi connectivity index (χ0n) is 14.4. The van der Waals surface area contributed by atoms with E-state index >= 15 is 0 Å². The lowest BCUT2D eigenvalue weighted by atomic mass is 9.88. The Morgan fingerprint density at radius 2 is 1.78 bits per heavy atom. The Morgan fingerprint density at radius 3 is 2.30 bits per heavy atom. The first-order valence-electron chi connectivity index (χ1n) is 8.76. The van der Waals surface area contributed by atoms with Crippen LogP contribution in [0.5, 0.6) is 0 Å². The van der Waals surface area contributed by atoms with E-state index in [0.717, 1.165) is 38.5 Å². The fraction of sp³-hybridized carbons (Fsp3) is 0.882. The maximum atomic E-state index is 12.2. The molecule has 4 N–H and O–H groups in total. The van der Waals surface area contributed by atoms with Crippen molar-refractivity contribution in [1.29, 1.82) is 0 Å². The number of nitrogens with two attached hydrogens (primary N) is 1. The Bertz CT molecular complexity index is 409. The molecule has 0 bridgehead atoms. The molecule has 2 aliphatic carbocycles. The molecule has 0 heterocycles. The summed E-state index contributed by atoms with van der Waals surface area (Å²) < 4.78 is 0. The minimum atomic E-state index is -0.288. The van der Waals surface area contributed by atoms with Crippen molar-refractivity contribution in [3.63, 3.8) is 0 Å². The molecule has 2 unspecified atom stereocenters. The van der Waals surface area contributed by atoms with Gasteiger partial charge in [-0.15, -0.1) is 12.4 Å². The molecule has 2 rings (SSSR count). The monoisotopic (exact) mass is 345 g/mol. The fourth-order valence-electron chi connectivity index (χ4n) is 3.46. The van der Waals surface area contributed by atoms with Crippen LogP contribution in [0.15, 0.2) is 0 Å². The van der Waals surface area contributed by atoms with Crippen LogP contribution in [0.4, 0.5) is 0 Å². The van der Waals surface area contributed by atoms with Crippen molar-refractivity contribution in [3.8, 4) is 0 Å². The lowest BCUT2D eigenvalue weighted by Crippen LogP contribution is -2.54. The first-order chi connectivity index (χ1) is 10.4. The van der Waals surface area contributed by atoms with E-state index in [1.54, 1.807) is 0 Å². The summed E-state index contributed by atoms with van der Waals surface area (Å²) in [5, 5.41) is 6.07. The summed E-state index contributed by atoms with van der Waals surface area (Å²) in [6, 6.07) is -0.129. The van der Waals surface area contributed by atoms with Crippen molar-refractivity contribution >= 4 is 24.2 Å². The lowest BCUT2D eigenvalue weighted by molar-refractivity contribution is -0.127. The predicted molar refractivity (Wildman–Crippen MR) is 94.4 cm³/mol. The topological polar surface area (TPSA) is 84.2 Å². The Hall–Kier alpha value is -0.810. The second-order valence-corrected chi connectivity index (χ2v) is 7.39. The van der Waals surface area contributed by atoms with E-state index < -0.39 is 0 Å². The molecule has 23 heavy (non-hydrogen) atoms. The zero-order chi connectivity index (χ0) is 16.2. The minimum absolute atomic E-state index is 0. The van der Waals surface area contributed by atoms with Gasteiger partial charge in [0.25, 0.3) is 0 Å². The summed E-state index contributed by atoms with van der Waals surface area (Å²) in [4.78, 5) is 24.4. The summed E-state index contributed by atoms with van der Waals surface area (Å²) in [5.41, 5.74) is 5.53. The highest BCUT2D eigenvalue weighted by atomic mass is 35.5. The van der Waals surface area contributed by atoms with Crippen molar-refractivity contribution in [2.24, 2.45) is 17.6 Å². The van der Waals surface area contributed by atoms with Gasteiger partial charge in [0.05, 0.1) is 5.54 Å². The number of amides is 2. The summed E-state index contributed by atoms with van der Waals surface area (Å²) >= 11 is 0. The van der Waals surface area contributed by atoms with Crippen LogP contribution in [-0.2, 0) is 9.59 Å². The molecule has 0 aliphatic heterocycles. The quantitative estimate of drug-likeness (QED) is 0.660. The van der Waals surface area contributed by atoms with Gasteiger partial charge in [-0.25, -0.2) is 0 Å². The molecular weight excluding hydrogens is 314 g/mol. The summed E-state index contributed by atoms with van der Waals surface area (Å²) in [6.45, 7) is 4.39. The molecule has 0 aromatic carbocycles. The SMILES string of the molecule is CC(CC(=O)NC(C)(CN)C1CC1)NC(=O)C1CCCCC1.Cl. The molecule has 0 aromatic rings. The van der Waals surface area contributed by atoms with E-state index in [2.05, 4.69) is 10.6 Å². The molecule has 134 valence electrons. The van der Waals surface area contributed by atoms with Crippen LogP contribution in [0.1, 0.15) is 65.2 Å². The second kappa shape index (κ2) is 8.88. The maximum absolute atomic E-state index is 12.2. The van der Waals surface area contributed by atoms with Gasteiger partial charge < -0.3 is 16.4 Å². The van der Waals surface area contributed by atoms with Crippen LogP contribution in [0.2, 0.25) is 0 Å². The fourth-order valence-corrected chi connectivity index (χ4v) is 3.46. The molecule has 0 radical (unpaired) electrons. The van der Waals surface area contributed by atoms with Gasteiger partial charge in [-0.05, 0) is 45.4 Å². The Kier molecular flexibility index (Phi) is 7.81. The highest BCUT2D eigenvalue weighted by molar-refractivity contribution is 5.85. The number of halogens is 1. The van der Waals surface area contributed by atoms with E-state index in [0.29, 0.717) is 18.9 Å². The third-order valence-electron chi connectivity index (χ3n) is 5.18. The standard InChI is InChI=1S/C17H31N3O2.ClH/c1-12(19-16(22)13-6-4-3-5-7-13)10-15(21)20-17(2,11-18)14-8-9-14;/h12-14H,3-11,18H2,1-2H3,(H,19,22)(H,20,21);1H. The molecule has 0 saturated heterocycles. The molecule has 2 aliphatic rings. The van der Waals surface area contributed by atoms with E-state index in [1.807, 2.05) is 13.8 Å². The second-order valence-electron chi connectivity index (χ2n) is 7.39. The van der Waals surface area contributed by atoms with Crippen LogP contribution in [-0.4, -0.2) is 29.9 Å². The molecule has 5 nitrogen and oxygen atoms in total. The van der Waals surface area contributed by atoms with Gasteiger partial charge in [-0.3, -0.25) is 9.59 Å². The maximum Gasteiger partial charge on any atom is 0.223 e. The average Bonchev–Trinajstić information content (AvgIpc) is 3.32. The molecule has 0 aromatic heterocycles. The number of nitrogens with one attached hydrogen (secondary N) is 2. The third kappa shape index (κ3) is 5.96. The van der Waals surface area contributed by atoms with Crippen molar-refractivity contribution in [2.45, 2.75) is 76.8 Å². The summed E-state index contributed by atoms with van der Waals surface area (Å²) in [6.07, 6.45) is 8.09. The molecule has 2 fully saturated rings. The Morgan fingerprint density at radius 1 is 1.17 bits per heavy atom.